The van der Waals surface area contributed by atoms with Crippen molar-refractivity contribution in [2.45, 2.75) is 87.5 Å². The highest BCUT2D eigenvalue weighted by Gasteiger charge is 2.42. The lowest BCUT2D eigenvalue weighted by Gasteiger charge is -2.51. The van der Waals surface area contributed by atoms with E-state index in [1.165, 1.54) is 83.8 Å². The highest BCUT2D eigenvalue weighted by Crippen LogP contribution is 2.41. The molecular weight excluding hydrogens is 276 g/mol. The lowest BCUT2D eigenvalue weighted by atomic mass is 9.79. The summed E-state index contributed by atoms with van der Waals surface area (Å²) in [4.78, 5) is 2.85. The second-order valence-electron chi connectivity index (χ2n) is 7.92. The first-order chi connectivity index (χ1) is 10.2. The molecule has 1 spiro atoms. The van der Waals surface area contributed by atoms with Crippen LogP contribution < -0.4 is 5.32 Å². The van der Waals surface area contributed by atoms with Gasteiger partial charge in [0.1, 0.15) is 0 Å². The van der Waals surface area contributed by atoms with Crippen molar-refractivity contribution in [2.75, 3.05) is 25.9 Å². The molecule has 2 nitrogen and oxygen atoms in total. The molecule has 1 atom stereocenters. The van der Waals surface area contributed by atoms with E-state index in [1.807, 2.05) is 0 Å². The monoisotopic (exact) mass is 310 g/mol. The summed E-state index contributed by atoms with van der Waals surface area (Å²) in [5, 5.41) is 3.93. The molecule has 1 saturated heterocycles. The summed E-state index contributed by atoms with van der Waals surface area (Å²) in [5.74, 6) is 0. The van der Waals surface area contributed by atoms with Gasteiger partial charge in [-0.1, -0.05) is 38.5 Å². The molecule has 3 fully saturated rings. The third-order valence-corrected chi connectivity index (χ3v) is 7.80. The van der Waals surface area contributed by atoms with E-state index in [2.05, 4.69) is 35.2 Å². The van der Waals surface area contributed by atoms with Crippen molar-refractivity contribution in [3.8, 4) is 0 Å². The van der Waals surface area contributed by atoms with Crippen molar-refractivity contribution in [3.63, 3.8) is 0 Å². The van der Waals surface area contributed by atoms with Crippen LogP contribution in [0, 0.1) is 0 Å². The van der Waals surface area contributed by atoms with Crippen molar-refractivity contribution >= 4 is 11.8 Å². The summed E-state index contributed by atoms with van der Waals surface area (Å²) >= 11 is 2.16. The first-order valence-electron chi connectivity index (χ1n) is 9.21. The number of piperazine rings is 1. The number of hydrogen-bond donors (Lipinski definition) is 1. The van der Waals surface area contributed by atoms with Gasteiger partial charge in [-0.3, -0.25) is 4.90 Å². The Labute approximate surface area is 135 Å². The summed E-state index contributed by atoms with van der Waals surface area (Å²) in [5.41, 5.74) is 0.457. The number of hydrogen-bond acceptors (Lipinski definition) is 3. The van der Waals surface area contributed by atoms with Crippen LogP contribution in [0.5, 0.6) is 0 Å². The van der Waals surface area contributed by atoms with Gasteiger partial charge in [0.2, 0.25) is 0 Å². The van der Waals surface area contributed by atoms with Gasteiger partial charge < -0.3 is 5.32 Å². The molecule has 0 amide bonds. The van der Waals surface area contributed by atoms with Gasteiger partial charge in [-0.2, -0.15) is 11.8 Å². The van der Waals surface area contributed by atoms with Gasteiger partial charge in [-0.15, -0.1) is 0 Å². The van der Waals surface area contributed by atoms with E-state index >= 15 is 0 Å². The minimum atomic E-state index is 0.457. The molecule has 1 heterocycles. The average molecular weight is 311 g/mol. The fourth-order valence-corrected chi connectivity index (χ4v) is 5.85. The Bertz CT molecular complexity index is 332. The fraction of sp³-hybridized carbons (Fsp3) is 1.00. The molecule has 3 rings (SSSR count). The summed E-state index contributed by atoms with van der Waals surface area (Å²) in [7, 11) is 0. The van der Waals surface area contributed by atoms with E-state index < -0.39 is 0 Å². The largest absolute Gasteiger partial charge is 0.308 e. The number of rotatable bonds is 3. The van der Waals surface area contributed by atoms with E-state index in [9.17, 15) is 0 Å². The highest BCUT2D eigenvalue weighted by atomic mass is 32.2. The van der Waals surface area contributed by atoms with Gasteiger partial charge in [-0.05, 0) is 38.9 Å². The predicted octanol–water partition coefficient (Wildman–Crippen LogP) is 4.05. The van der Waals surface area contributed by atoms with Gasteiger partial charge in [0, 0.05) is 36.0 Å². The molecule has 122 valence electrons. The van der Waals surface area contributed by atoms with Crippen LogP contribution in [0.1, 0.15) is 71.1 Å². The average Bonchev–Trinajstić information content (AvgIpc) is 2.53. The topological polar surface area (TPSA) is 15.3 Å². The number of thioether (sulfide) groups is 1. The van der Waals surface area contributed by atoms with Crippen molar-refractivity contribution in [1.82, 2.24) is 10.2 Å². The van der Waals surface area contributed by atoms with E-state index in [0.29, 0.717) is 16.3 Å². The molecule has 2 saturated carbocycles. The Morgan fingerprint density at radius 1 is 1.00 bits per heavy atom. The first kappa shape index (κ1) is 16.1. The van der Waals surface area contributed by atoms with Gasteiger partial charge >= 0.3 is 0 Å². The van der Waals surface area contributed by atoms with Gasteiger partial charge in [-0.25, -0.2) is 0 Å². The minimum Gasteiger partial charge on any atom is -0.308 e. The third kappa shape index (κ3) is 3.61. The third-order valence-electron chi connectivity index (χ3n) is 6.40. The predicted molar refractivity (Wildman–Crippen MR) is 94.2 cm³/mol. The summed E-state index contributed by atoms with van der Waals surface area (Å²) in [6, 6.07) is 0.712. The van der Waals surface area contributed by atoms with Crippen molar-refractivity contribution in [2.24, 2.45) is 0 Å². The van der Waals surface area contributed by atoms with Crippen molar-refractivity contribution in [1.29, 1.82) is 0 Å². The van der Waals surface area contributed by atoms with Crippen LogP contribution in [0.15, 0.2) is 0 Å². The zero-order chi connectivity index (χ0) is 14.8. The molecule has 0 aromatic carbocycles. The molecule has 0 aromatic rings. The number of nitrogens with one attached hydrogen (secondary N) is 1. The molecule has 21 heavy (non-hydrogen) atoms. The maximum atomic E-state index is 3.93. The highest BCUT2D eigenvalue weighted by molar-refractivity contribution is 8.00. The Hall–Kier alpha value is 0.270. The molecule has 1 unspecified atom stereocenters. The zero-order valence-electron chi connectivity index (χ0n) is 14.1. The second kappa shape index (κ2) is 6.80. The fourth-order valence-electron chi connectivity index (χ4n) is 4.86. The normalized spacial score (nSPS) is 33.1. The van der Waals surface area contributed by atoms with Crippen LogP contribution in [-0.2, 0) is 0 Å². The number of nitrogens with zero attached hydrogens (tertiary/aromatic N) is 1. The zero-order valence-corrected chi connectivity index (χ0v) is 14.9. The van der Waals surface area contributed by atoms with Crippen LogP contribution in [-0.4, -0.2) is 47.1 Å². The van der Waals surface area contributed by atoms with E-state index in [1.54, 1.807) is 0 Å². The van der Waals surface area contributed by atoms with Crippen LogP contribution in [0.4, 0.5) is 0 Å². The van der Waals surface area contributed by atoms with Crippen LogP contribution in [0.3, 0.4) is 0 Å². The Kier molecular flexibility index (Phi) is 5.23. The molecule has 3 aliphatic rings. The van der Waals surface area contributed by atoms with Crippen LogP contribution in [0.25, 0.3) is 0 Å². The molecule has 2 aliphatic carbocycles. The SMILES string of the molecule is CSC1(CN2CC3(CCCCC3)NCC2C)CCCCC1. The van der Waals surface area contributed by atoms with E-state index in [4.69, 9.17) is 0 Å². The van der Waals surface area contributed by atoms with Crippen LogP contribution in [0.2, 0.25) is 0 Å². The summed E-state index contributed by atoms with van der Waals surface area (Å²) in [6.07, 6.45) is 16.7. The molecule has 1 aliphatic heterocycles. The Balaban J connectivity index is 1.67. The maximum Gasteiger partial charge on any atom is 0.0309 e. The van der Waals surface area contributed by atoms with Crippen molar-refractivity contribution in [3.05, 3.63) is 0 Å². The molecule has 0 bridgehead atoms. The second-order valence-corrected chi connectivity index (χ2v) is 9.20. The molecule has 0 radical (unpaired) electrons. The van der Waals surface area contributed by atoms with Gasteiger partial charge in [0.15, 0.2) is 0 Å². The summed E-state index contributed by atoms with van der Waals surface area (Å²) < 4.78 is 0.555. The Morgan fingerprint density at radius 2 is 1.62 bits per heavy atom. The Morgan fingerprint density at radius 3 is 2.24 bits per heavy atom. The maximum absolute atomic E-state index is 3.93. The quantitative estimate of drug-likeness (QED) is 0.846. The standard InChI is InChI=1S/C18H34N2S/c1-16-13-19-17(9-5-3-6-10-17)14-20(16)15-18(21-2)11-7-4-8-12-18/h16,19H,3-15H2,1-2H3. The van der Waals surface area contributed by atoms with Crippen molar-refractivity contribution < 1.29 is 0 Å². The molecule has 1 N–H and O–H groups in total. The minimum absolute atomic E-state index is 0.457. The molecular formula is C18H34N2S. The lowest BCUT2D eigenvalue weighted by molar-refractivity contribution is 0.0517. The van der Waals surface area contributed by atoms with E-state index in [-0.39, 0.29) is 0 Å². The smallest absolute Gasteiger partial charge is 0.0309 e. The summed E-state index contributed by atoms with van der Waals surface area (Å²) in [6.45, 7) is 6.26. The van der Waals surface area contributed by atoms with E-state index in [0.717, 1.165) is 0 Å². The molecule has 0 aromatic heterocycles. The first-order valence-corrected chi connectivity index (χ1v) is 10.4. The van der Waals surface area contributed by atoms with Gasteiger partial charge in [0.25, 0.3) is 0 Å². The molecule has 3 heteroatoms. The van der Waals surface area contributed by atoms with Gasteiger partial charge in [0.05, 0.1) is 0 Å². The van der Waals surface area contributed by atoms with Crippen LogP contribution >= 0.6 is 11.8 Å². The lowest BCUT2D eigenvalue weighted by Crippen LogP contribution is -2.65.